The quantitative estimate of drug-likeness (QED) is 0.859. The number of aryl methyl sites for hydroxylation is 2. The van der Waals surface area contributed by atoms with Crippen LogP contribution in [0.1, 0.15) is 18.3 Å². The monoisotopic (exact) mass is 288 g/mol. The fourth-order valence-corrected chi connectivity index (χ4v) is 2.37. The van der Waals surface area contributed by atoms with Gasteiger partial charge in [-0.25, -0.2) is 0 Å². The first-order chi connectivity index (χ1) is 7.60. The summed E-state index contributed by atoms with van der Waals surface area (Å²) in [6, 6.07) is 0. The van der Waals surface area contributed by atoms with Crippen molar-refractivity contribution in [2.45, 2.75) is 19.9 Å². The minimum absolute atomic E-state index is 0.922. The van der Waals surface area contributed by atoms with Crippen LogP contribution in [0.3, 0.4) is 0 Å². The topological polar surface area (TPSA) is 33.1 Å². The molecular formula is C11H21BrN4. The summed E-state index contributed by atoms with van der Waals surface area (Å²) in [5.41, 5.74) is 2.38. The number of aromatic nitrogens is 2. The lowest BCUT2D eigenvalue weighted by molar-refractivity contribution is 0.318. The van der Waals surface area contributed by atoms with Crippen molar-refractivity contribution in [2.75, 3.05) is 27.2 Å². The van der Waals surface area contributed by atoms with E-state index in [0.717, 1.165) is 36.2 Å². The van der Waals surface area contributed by atoms with Crippen LogP contribution in [0, 0.1) is 0 Å². The van der Waals surface area contributed by atoms with Crippen LogP contribution in [-0.2, 0) is 20.0 Å². The van der Waals surface area contributed by atoms with E-state index in [1.54, 1.807) is 0 Å². The molecule has 1 rings (SSSR count). The number of rotatable bonds is 6. The van der Waals surface area contributed by atoms with Gasteiger partial charge in [-0.1, -0.05) is 6.92 Å². The summed E-state index contributed by atoms with van der Waals surface area (Å²) in [5, 5.41) is 7.64. The van der Waals surface area contributed by atoms with Gasteiger partial charge in [0.1, 0.15) is 0 Å². The van der Waals surface area contributed by atoms with E-state index in [1.165, 1.54) is 5.69 Å². The van der Waals surface area contributed by atoms with E-state index in [-0.39, 0.29) is 0 Å². The fourth-order valence-electron chi connectivity index (χ4n) is 1.63. The molecule has 0 saturated heterocycles. The molecule has 1 N–H and O–H groups in total. The van der Waals surface area contributed by atoms with E-state index in [2.05, 4.69) is 45.2 Å². The molecule has 0 aliphatic rings. The summed E-state index contributed by atoms with van der Waals surface area (Å²) in [7, 11) is 6.11. The van der Waals surface area contributed by atoms with Gasteiger partial charge in [-0.2, -0.15) is 5.10 Å². The predicted molar refractivity (Wildman–Crippen MR) is 70.5 cm³/mol. The van der Waals surface area contributed by atoms with Crippen LogP contribution in [-0.4, -0.2) is 41.9 Å². The standard InChI is InChI=1S/C11H21BrN4/c1-5-9-11(12)10(16(4)14-9)8-15(3)7-6-13-2/h13H,5-8H2,1-4H3. The number of likely N-dealkylation sites (N-methyl/N-ethyl adjacent to an activating group) is 2. The second kappa shape index (κ2) is 6.37. The van der Waals surface area contributed by atoms with Gasteiger partial charge in [0.15, 0.2) is 0 Å². The van der Waals surface area contributed by atoms with Crippen LogP contribution < -0.4 is 5.32 Å². The Bertz CT molecular complexity index is 335. The van der Waals surface area contributed by atoms with Gasteiger partial charge in [0.2, 0.25) is 0 Å². The van der Waals surface area contributed by atoms with Gasteiger partial charge in [-0.3, -0.25) is 9.58 Å². The highest BCUT2D eigenvalue weighted by atomic mass is 79.9. The van der Waals surface area contributed by atoms with Crippen LogP contribution >= 0.6 is 15.9 Å². The third-order valence-corrected chi connectivity index (χ3v) is 3.58. The van der Waals surface area contributed by atoms with Gasteiger partial charge in [0, 0.05) is 26.7 Å². The highest BCUT2D eigenvalue weighted by Crippen LogP contribution is 2.22. The summed E-state index contributed by atoms with van der Waals surface area (Å²) in [5.74, 6) is 0. The molecule has 92 valence electrons. The third kappa shape index (κ3) is 3.30. The van der Waals surface area contributed by atoms with Gasteiger partial charge < -0.3 is 5.32 Å². The van der Waals surface area contributed by atoms with Crippen molar-refractivity contribution in [1.82, 2.24) is 20.0 Å². The van der Waals surface area contributed by atoms with Crippen LogP contribution in [0.2, 0.25) is 0 Å². The smallest absolute Gasteiger partial charge is 0.0767 e. The zero-order valence-corrected chi connectivity index (χ0v) is 12.1. The SMILES string of the molecule is CCc1nn(C)c(CN(C)CCNC)c1Br. The van der Waals surface area contributed by atoms with Crippen molar-refractivity contribution in [3.8, 4) is 0 Å². The first kappa shape index (κ1) is 13.7. The molecule has 1 aromatic heterocycles. The first-order valence-electron chi connectivity index (χ1n) is 5.63. The Kier molecular flexibility index (Phi) is 5.44. The molecule has 0 aromatic carbocycles. The molecule has 0 spiro atoms. The minimum atomic E-state index is 0.922. The molecule has 0 fully saturated rings. The van der Waals surface area contributed by atoms with E-state index in [9.17, 15) is 0 Å². The van der Waals surface area contributed by atoms with Crippen LogP contribution in [0.5, 0.6) is 0 Å². The summed E-state index contributed by atoms with van der Waals surface area (Å²) in [6.45, 7) is 5.09. The highest BCUT2D eigenvalue weighted by molar-refractivity contribution is 9.10. The second-order valence-corrected chi connectivity index (χ2v) is 4.82. The first-order valence-corrected chi connectivity index (χ1v) is 6.42. The van der Waals surface area contributed by atoms with Crippen LogP contribution in [0.25, 0.3) is 0 Å². The predicted octanol–water partition coefficient (Wildman–Crippen LogP) is 1.40. The van der Waals surface area contributed by atoms with E-state index in [0.29, 0.717) is 0 Å². The number of nitrogens with one attached hydrogen (secondary N) is 1. The number of hydrogen-bond acceptors (Lipinski definition) is 3. The molecule has 0 amide bonds. The Morgan fingerprint density at radius 1 is 1.50 bits per heavy atom. The van der Waals surface area contributed by atoms with Crippen molar-refractivity contribution in [2.24, 2.45) is 7.05 Å². The van der Waals surface area contributed by atoms with Crippen molar-refractivity contribution < 1.29 is 0 Å². The molecule has 16 heavy (non-hydrogen) atoms. The van der Waals surface area contributed by atoms with Gasteiger partial charge in [-0.15, -0.1) is 0 Å². The maximum absolute atomic E-state index is 4.49. The lowest BCUT2D eigenvalue weighted by Gasteiger charge is -2.16. The minimum Gasteiger partial charge on any atom is -0.318 e. The maximum atomic E-state index is 4.49. The summed E-state index contributed by atoms with van der Waals surface area (Å²) in [6.07, 6.45) is 0.967. The lowest BCUT2D eigenvalue weighted by atomic mass is 10.3. The molecule has 0 atom stereocenters. The van der Waals surface area contributed by atoms with Gasteiger partial charge in [0.25, 0.3) is 0 Å². The Hall–Kier alpha value is -0.390. The van der Waals surface area contributed by atoms with Crippen molar-refractivity contribution in [3.05, 3.63) is 15.9 Å². The average molecular weight is 289 g/mol. The number of halogens is 1. The zero-order chi connectivity index (χ0) is 12.1. The van der Waals surface area contributed by atoms with E-state index < -0.39 is 0 Å². The molecule has 0 radical (unpaired) electrons. The van der Waals surface area contributed by atoms with E-state index in [1.807, 2.05) is 18.8 Å². The Morgan fingerprint density at radius 3 is 2.69 bits per heavy atom. The van der Waals surface area contributed by atoms with Crippen molar-refractivity contribution in [3.63, 3.8) is 0 Å². The van der Waals surface area contributed by atoms with Crippen LogP contribution in [0.4, 0.5) is 0 Å². The zero-order valence-electron chi connectivity index (χ0n) is 10.5. The lowest BCUT2D eigenvalue weighted by Crippen LogP contribution is -2.27. The van der Waals surface area contributed by atoms with E-state index in [4.69, 9.17) is 0 Å². The van der Waals surface area contributed by atoms with Crippen molar-refractivity contribution in [1.29, 1.82) is 0 Å². The van der Waals surface area contributed by atoms with Crippen molar-refractivity contribution >= 4 is 15.9 Å². The van der Waals surface area contributed by atoms with E-state index >= 15 is 0 Å². The van der Waals surface area contributed by atoms with Crippen LogP contribution in [0.15, 0.2) is 4.47 Å². The molecule has 1 heterocycles. The Balaban J connectivity index is 2.69. The molecular weight excluding hydrogens is 268 g/mol. The number of nitrogens with zero attached hydrogens (tertiary/aromatic N) is 3. The second-order valence-electron chi connectivity index (χ2n) is 4.03. The largest absolute Gasteiger partial charge is 0.318 e. The van der Waals surface area contributed by atoms with Gasteiger partial charge >= 0.3 is 0 Å². The van der Waals surface area contributed by atoms with Gasteiger partial charge in [0.05, 0.1) is 15.9 Å². The summed E-state index contributed by atoms with van der Waals surface area (Å²) < 4.78 is 3.13. The molecule has 0 saturated carbocycles. The maximum Gasteiger partial charge on any atom is 0.0767 e. The summed E-state index contributed by atoms with van der Waals surface area (Å²) >= 11 is 3.63. The van der Waals surface area contributed by atoms with Gasteiger partial charge in [-0.05, 0) is 36.4 Å². The molecule has 0 unspecified atom stereocenters. The Morgan fingerprint density at radius 2 is 2.19 bits per heavy atom. The molecule has 0 aliphatic heterocycles. The normalized spacial score (nSPS) is 11.4. The highest BCUT2D eigenvalue weighted by Gasteiger charge is 2.13. The fraction of sp³-hybridized carbons (Fsp3) is 0.727. The molecule has 0 bridgehead atoms. The molecule has 0 aliphatic carbocycles. The third-order valence-electron chi connectivity index (χ3n) is 2.67. The number of hydrogen-bond donors (Lipinski definition) is 1. The average Bonchev–Trinajstić information content (AvgIpc) is 2.53. The molecule has 1 aromatic rings. The summed E-state index contributed by atoms with van der Waals surface area (Å²) in [4.78, 5) is 2.29. The molecule has 5 heteroatoms. The Labute approximate surface area is 106 Å². The molecule has 4 nitrogen and oxygen atoms in total.